The molecule has 0 aromatic rings. The SMILES string of the molecule is CN=C(C)N(C)Cl.Cl. The van der Waals surface area contributed by atoms with Crippen LogP contribution in [-0.4, -0.2) is 24.3 Å². The number of hydrogen-bond acceptors (Lipinski definition) is 1. The van der Waals surface area contributed by atoms with Gasteiger partial charge in [-0.15, -0.1) is 12.4 Å². The molecule has 0 saturated heterocycles. The van der Waals surface area contributed by atoms with Crippen LogP contribution >= 0.6 is 24.2 Å². The molecule has 50 valence electrons. The van der Waals surface area contributed by atoms with Crippen LogP contribution in [0.4, 0.5) is 0 Å². The molecule has 0 aliphatic rings. The molecule has 0 atom stereocenters. The van der Waals surface area contributed by atoms with E-state index in [1.54, 1.807) is 14.1 Å². The first-order chi connectivity index (χ1) is 3.18. The van der Waals surface area contributed by atoms with E-state index in [0.29, 0.717) is 0 Å². The summed E-state index contributed by atoms with van der Waals surface area (Å²) in [6, 6.07) is 0. The van der Waals surface area contributed by atoms with Gasteiger partial charge in [0.25, 0.3) is 0 Å². The minimum atomic E-state index is 0. The zero-order valence-electron chi connectivity index (χ0n) is 5.18. The Morgan fingerprint density at radius 1 is 1.62 bits per heavy atom. The highest BCUT2D eigenvalue weighted by Crippen LogP contribution is 1.88. The summed E-state index contributed by atoms with van der Waals surface area (Å²) in [7, 11) is 3.44. The highest BCUT2D eigenvalue weighted by atomic mass is 35.5. The van der Waals surface area contributed by atoms with Crippen LogP contribution in [0.5, 0.6) is 0 Å². The molecule has 0 heterocycles. The lowest BCUT2D eigenvalue weighted by atomic mass is 10.7. The van der Waals surface area contributed by atoms with Gasteiger partial charge in [0.2, 0.25) is 0 Å². The van der Waals surface area contributed by atoms with Gasteiger partial charge in [0.05, 0.1) is 0 Å². The first-order valence-electron chi connectivity index (χ1n) is 2.01. The lowest BCUT2D eigenvalue weighted by Crippen LogP contribution is -2.11. The van der Waals surface area contributed by atoms with Crippen LogP contribution < -0.4 is 0 Å². The summed E-state index contributed by atoms with van der Waals surface area (Å²) in [6.45, 7) is 1.84. The van der Waals surface area contributed by atoms with Gasteiger partial charge in [0.15, 0.2) is 0 Å². The quantitative estimate of drug-likeness (QED) is 0.296. The van der Waals surface area contributed by atoms with Crippen molar-refractivity contribution in [2.24, 2.45) is 4.99 Å². The van der Waals surface area contributed by atoms with Crippen molar-refractivity contribution in [1.29, 1.82) is 0 Å². The van der Waals surface area contributed by atoms with E-state index >= 15 is 0 Å². The Hall–Kier alpha value is 0.0500. The topological polar surface area (TPSA) is 15.6 Å². The highest BCUT2D eigenvalue weighted by Gasteiger charge is 1.88. The molecule has 0 aliphatic heterocycles. The van der Waals surface area contributed by atoms with Crippen molar-refractivity contribution in [1.82, 2.24) is 4.42 Å². The summed E-state index contributed by atoms with van der Waals surface area (Å²) in [5.74, 6) is 0.821. The summed E-state index contributed by atoms with van der Waals surface area (Å²) in [5, 5.41) is 0. The van der Waals surface area contributed by atoms with E-state index in [9.17, 15) is 0 Å². The van der Waals surface area contributed by atoms with Crippen LogP contribution in [0.3, 0.4) is 0 Å². The number of nitrogens with zero attached hydrogens (tertiary/aromatic N) is 2. The highest BCUT2D eigenvalue weighted by molar-refractivity contribution is 6.21. The Morgan fingerprint density at radius 2 is 2.00 bits per heavy atom. The molecule has 0 unspecified atom stereocenters. The molecular weight excluding hydrogens is 147 g/mol. The molecule has 0 amide bonds. The number of rotatable bonds is 0. The first kappa shape index (κ1) is 10.9. The fourth-order valence-corrected chi connectivity index (χ4v) is 0.213. The Kier molecular flexibility index (Phi) is 7.09. The predicted molar refractivity (Wildman–Crippen MR) is 39.9 cm³/mol. The van der Waals surface area contributed by atoms with Gasteiger partial charge in [-0.3, -0.25) is 9.41 Å². The normalized spacial score (nSPS) is 10.2. The fraction of sp³-hybridized carbons (Fsp3) is 0.750. The second-order valence-corrected chi connectivity index (χ2v) is 1.76. The Morgan fingerprint density at radius 3 is 2.00 bits per heavy atom. The van der Waals surface area contributed by atoms with Gasteiger partial charge in [0, 0.05) is 25.9 Å². The molecule has 0 aromatic heterocycles. The van der Waals surface area contributed by atoms with Gasteiger partial charge in [-0.25, -0.2) is 0 Å². The summed E-state index contributed by atoms with van der Waals surface area (Å²) in [4.78, 5) is 3.80. The van der Waals surface area contributed by atoms with Crippen LogP contribution in [-0.2, 0) is 0 Å². The first-order valence-corrected chi connectivity index (χ1v) is 2.35. The fourth-order valence-electron chi connectivity index (χ4n) is 0.138. The van der Waals surface area contributed by atoms with Crippen LogP contribution in [0.2, 0.25) is 0 Å². The van der Waals surface area contributed by atoms with Crippen molar-refractivity contribution in [3.63, 3.8) is 0 Å². The second-order valence-electron chi connectivity index (χ2n) is 1.25. The third kappa shape index (κ3) is 4.22. The monoisotopic (exact) mass is 156 g/mol. The van der Waals surface area contributed by atoms with E-state index in [0.717, 1.165) is 5.84 Å². The molecular formula is C4H10Cl2N2. The summed E-state index contributed by atoms with van der Waals surface area (Å²) < 4.78 is 1.44. The smallest absolute Gasteiger partial charge is 0.110 e. The zero-order valence-corrected chi connectivity index (χ0v) is 6.75. The summed E-state index contributed by atoms with van der Waals surface area (Å²) in [6.07, 6.45) is 0. The molecule has 4 heteroatoms. The van der Waals surface area contributed by atoms with Crippen molar-refractivity contribution in [3.05, 3.63) is 0 Å². The molecule has 0 aromatic carbocycles. The lowest BCUT2D eigenvalue weighted by molar-refractivity contribution is 0.810. The third-order valence-electron chi connectivity index (χ3n) is 0.770. The zero-order chi connectivity index (χ0) is 5.86. The second kappa shape index (κ2) is 5.19. The van der Waals surface area contributed by atoms with Crippen LogP contribution in [0, 0.1) is 0 Å². The van der Waals surface area contributed by atoms with Gasteiger partial charge in [0.1, 0.15) is 5.84 Å². The molecule has 2 nitrogen and oxygen atoms in total. The number of halogens is 2. The molecule has 8 heavy (non-hydrogen) atoms. The van der Waals surface area contributed by atoms with Crippen molar-refractivity contribution in [2.75, 3.05) is 14.1 Å². The molecule has 0 radical (unpaired) electrons. The maximum absolute atomic E-state index is 5.43. The summed E-state index contributed by atoms with van der Waals surface area (Å²) >= 11 is 5.43. The maximum Gasteiger partial charge on any atom is 0.110 e. The predicted octanol–water partition coefficient (Wildman–Crippen LogP) is 1.54. The molecule has 0 bridgehead atoms. The maximum atomic E-state index is 5.43. The lowest BCUT2D eigenvalue weighted by Gasteiger charge is -2.04. The van der Waals surface area contributed by atoms with E-state index in [1.165, 1.54) is 4.42 Å². The minimum Gasteiger partial charge on any atom is -0.276 e. The van der Waals surface area contributed by atoms with E-state index in [4.69, 9.17) is 11.8 Å². The minimum absolute atomic E-state index is 0. The van der Waals surface area contributed by atoms with E-state index in [2.05, 4.69) is 4.99 Å². The number of aliphatic imine (C=N–C) groups is 1. The van der Waals surface area contributed by atoms with Gasteiger partial charge in [-0.2, -0.15) is 0 Å². The Balaban J connectivity index is 0. The molecule has 0 rings (SSSR count). The molecule has 0 spiro atoms. The Labute approximate surface area is 61.1 Å². The molecule has 0 aliphatic carbocycles. The number of amidine groups is 1. The van der Waals surface area contributed by atoms with Gasteiger partial charge in [-0.1, -0.05) is 0 Å². The average molecular weight is 157 g/mol. The number of hydrogen-bond donors (Lipinski definition) is 0. The van der Waals surface area contributed by atoms with Gasteiger partial charge >= 0.3 is 0 Å². The van der Waals surface area contributed by atoms with Gasteiger partial charge in [-0.05, 0) is 6.92 Å². The van der Waals surface area contributed by atoms with E-state index in [1.807, 2.05) is 6.92 Å². The van der Waals surface area contributed by atoms with Crippen LogP contribution in [0.15, 0.2) is 4.99 Å². The third-order valence-corrected chi connectivity index (χ3v) is 1.01. The molecule has 0 N–H and O–H groups in total. The van der Waals surface area contributed by atoms with Gasteiger partial charge < -0.3 is 0 Å². The molecule has 0 fully saturated rings. The van der Waals surface area contributed by atoms with Crippen molar-refractivity contribution in [2.45, 2.75) is 6.92 Å². The van der Waals surface area contributed by atoms with Crippen molar-refractivity contribution in [3.8, 4) is 0 Å². The van der Waals surface area contributed by atoms with Crippen molar-refractivity contribution >= 4 is 30.0 Å². The standard InChI is InChI=1S/C4H9ClN2.ClH/c1-4(6-2)7(3)5;/h1-3H3;1H. The summed E-state index contributed by atoms with van der Waals surface area (Å²) in [5.41, 5.74) is 0. The van der Waals surface area contributed by atoms with E-state index in [-0.39, 0.29) is 12.4 Å². The van der Waals surface area contributed by atoms with Crippen molar-refractivity contribution < 1.29 is 0 Å². The largest absolute Gasteiger partial charge is 0.276 e. The van der Waals surface area contributed by atoms with E-state index < -0.39 is 0 Å². The molecule has 0 saturated carbocycles. The van der Waals surface area contributed by atoms with Crippen LogP contribution in [0.1, 0.15) is 6.92 Å². The Bertz CT molecular complexity index is 80.1. The average Bonchev–Trinajstić information content (AvgIpc) is 1.65. The van der Waals surface area contributed by atoms with Crippen LogP contribution in [0.25, 0.3) is 0 Å².